The Balaban J connectivity index is 2.01. The van der Waals surface area contributed by atoms with Crippen LogP contribution in [0.2, 0.25) is 0 Å². The molecule has 3 rings (SSSR count). The molecule has 0 aromatic heterocycles. The van der Waals surface area contributed by atoms with E-state index in [1.807, 2.05) is 0 Å². The highest BCUT2D eigenvalue weighted by molar-refractivity contribution is 5.51. The molecule has 0 amide bonds. The summed E-state index contributed by atoms with van der Waals surface area (Å²) in [7, 11) is 3.39. The molecule has 0 saturated carbocycles. The standard InChI is InChI=1S/C22H28O4/c1-4-16-9-10-19-20(15-16)22(26-14-12-24-3)18-8-6-5-7-17(18)21(19)25-13-11-23-2/h5-10,15,21-22H,4,11-14H2,1-3H3. The molecule has 26 heavy (non-hydrogen) atoms. The summed E-state index contributed by atoms with van der Waals surface area (Å²) in [6.45, 7) is 4.44. The lowest BCUT2D eigenvalue weighted by Gasteiger charge is -2.34. The van der Waals surface area contributed by atoms with Crippen molar-refractivity contribution in [3.05, 3.63) is 70.3 Å². The highest BCUT2D eigenvalue weighted by Gasteiger charge is 2.33. The van der Waals surface area contributed by atoms with Gasteiger partial charge in [-0.3, -0.25) is 0 Å². The monoisotopic (exact) mass is 356 g/mol. The van der Waals surface area contributed by atoms with Crippen molar-refractivity contribution in [3.8, 4) is 0 Å². The second-order valence-corrected chi connectivity index (χ2v) is 6.43. The summed E-state index contributed by atoms with van der Waals surface area (Å²) >= 11 is 0. The summed E-state index contributed by atoms with van der Waals surface area (Å²) < 4.78 is 22.8. The van der Waals surface area contributed by atoms with Gasteiger partial charge in [0, 0.05) is 14.2 Å². The van der Waals surface area contributed by atoms with E-state index < -0.39 is 0 Å². The van der Waals surface area contributed by atoms with Crippen molar-refractivity contribution in [3.63, 3.8) is 0 Å². The van der Waals surface area contributed by atoms with E-state index in [0.717, 1.165) is 6.42 Å². The van der Waals surface area contributed by atoms with Gasteiger partial charge in [0.15, 0.2) is 0 Å². The summed E-state index contributed by atoms with van der Waals surface area (Å²) in [4.78, 5) is 0. The normalized spacial score (nSPS) is 18.4. The molecule has 0 radical (unpaired) electrons. The van der Waals surface area contributed by atoms with Crippen molar-refractivity contribution in [2.24, 2.45) is 0 Å². The molecule has 2 aromatic rings. The highest BCUT2D eigenvalue weighted by atomic mass is 16.5. The smallest absolute Gasteiger partial charge is 0.108 e. The minimum atomic E-state index is -0.0930. The Labute approximate surface area is 156 Å². The van der Waals surface area contributed by atoms with E-state index >= 15 is 0 Å². The summed E-state index contributed by atoms with van der Waals surface area (Å²) in [5.41, 5.74) is 6.02. The fourth-order valence-electron chi connectivity index (χ4n) is 3.49. The molecule has 0 spiro atoms. The lowest BCUT2D eigenvalue weighted by Crippen LogP contribution is -2.24. The predicted octanol–water partition coefficient (Wildman–Crippen LogP) is 4.07. The van der Waals surface area contributed by atoms with Gasteiger partial charge in [-0.2, -0.15) is 0 Å². The van der Waals surface area contributed by atoms with Gasteiger partial charge in [0.25, 0.3) is 0 Å². The van der Waals surface area contributed by atoms with Gasteiger partial charge in [-0.15, -0.1) is 0 Å². The van der Waals surface area contributed by atoms with E-state index in [9.17, 15) is 0 Å². The molecule has 1 aliphatic carbocycles. The number of ether oxygens (including phenoxy) is 4. The van der Waals surface area contributed by atoms with Gasteiger partial charge in [0.1, 0.15) is 12.2 Å². The van der Waals surface area contributed by atoms with Crippen molar-refractivity contribution in [2.45, 2.75) is 25.6 Å². The van der Waals surface area contributed by atoms with Crippen LogP contribution in [0.3, 0.4) is 0 Å². The van der Waals surface area contributed by atoms with Gasteiger partial charge in [-0.1, -0.05) is 49.4 Å². The molecule has 2 aromatic carbocycles. The van der Waals surface area contributed by atoms with Crippen LogP contribution >= 0.6 is 0 Å². The molecule has 4 nitrogen and oxygen atoms in total. The first-order chi connectivity index (χ1) is 12.8. The largest absolute Gasteiger partial charge is 0.382 e. The number of fused-ring (bicyclic) bond motifs is 2. The van der Waals surface area contributed by atoms with Crippen molar-refractivity contribution in [1.29, 1.82) is 0 Å². The molecular weight excluding hydrogens is 328 g/mol. The lowest BCUT2D eigenvalue weighted by atomic mass is 9.81. The van der Waals surface area contributed by atoms with E-state index in [4.69, 9.17) is 18.9 Å². The molecule has 0 N–H and O–H groups in total. The second kappa shape index (κ2) is 9.28. The van der Waals surface area contributed by atoms with Crippen LogP contribution in [0, 0.1) is 0 Å². The number of aryl methyl sites for hydroxylation is 1. The van der Waals surface area contributed by atoms with Crippen LogP contribution in [0.15, 0.2) is 42.5 Å². The van der Waals surface area contributed by atoms with E-state index in [-0.39, 0.29) is 12.2 Å². The highest BCUT2D eigenvalue weighted by Crippen LogP contribution is 2.44. The number of hydrogen-bond acceptors (Lipinski definition) is 4. The Morgan fingerprint density at radius 3 is 1.77 bits per heavy atom. The summed E-state index contributed by atoms with van der Waals surface area (Å²) in [6, 6.07) is 15.0. The van der Waals surface area contributed by atoms with Gasteiger partial charge < -0.3 is 18.9 Å². The average Bonchev–Trinajstić information content (AvgIpc) is 2.69. The van der Waals surface area contributed by atoms with Crippen molar-refractivity contribution >= 4 is 0 Å². The van der Waals surface area contributed by atoms with Crippen molar-refractivity contribution < 1.29 is 18.9 Å². The average molecular weight is 356 g/mol. The first-order valence-corrected chi connectivity index (χ1v) is 9.22. The zero-order valence-corrected chi connectivity index (χ0v) is 15.9. The first kappa shape index (κ1) is 19.1. The predicted molar refractivity (Wildman–Crippen MR) is 102 cm³/mol. The van der Waals surface area contributed by atoms with Gasteiger partial charge >= 0.3 is 0 Å². The third kappa shape index (κ3) is 3.99. The molecule has 0 fully saturated rings. The minimum Gasteiger partial charge on any atom is -0.382 e. The number of benzene rings is 2. The van der Waals surface area contributed by atoms with Crippen LogP contribution in [-0.2, 0) is 25.4 Å². The van der Waals surface area contributed by atoms with Crippen LogP contribution in [-0.4, -0.2) is 40.6 Å². The summed E-state index contributed by atoms with van der Waals surface area (Å²) in [5.74, 6) is 0. The van der Waals surface area contributed by atoms with Gasteiger partial charge in [0.2, 0.25) is 0 Å². The van der Waals surface area contributed by atoms with Crippen LogP contribution < -0.4 is 0 Å². The Morgan fingerprint density at radius 2 is 1.23 bits per heavy atom. The number of hydrogen-bond donors (Lipinski definition) is 0. The second-order valence-electron chi connectivity index (χ2n) is 6.43. The van der Waals surface area contributed by atoms with E-state index in [1.165, 1.54) is 27.8 Å². The Hall–Kier alpha value is -1.72. The van der Waals surface area contributed by atoms with Crippen molar-refractivity contribution in [1.82, 2.24) is 0 Å². The minimum absolute atomic E-state index is 0.0925. The van der Waals surface area contributed by atoms with Crippen LogP contribution in [0.4, 0.5) is 0 Å². The molecule has 0 bridgehead atoms. The maximum absolute atomic E-state index is 6.24. The molecule has 2 unspecified atom stereocenters. The molecule has 0 heterocycles. The topological polar surface area (TPSA) is 36.9 Å². The maximum Gasteiger partial charge on any atom is 0.108 e. The van der Waals surface area contributed by atoms with Crippen LogP contribution in [0.1, 0.15) is 46.9 Å². The van der Waals surface area contributed by atoms with Crippen molar-refractivity contribution in [2.75, 3.05) is 40.6 Å². The fourth-order valence-corrected chi connectivity index (χ4v) is 3.49. The van der Waals surface area contributed by atoms with E-state index in [1.54, 1.807) is 14.2 Å². The van der Waals surface area contributed by atoms with Gasteiger partial charge in [-0.05, 0) is 34.2 Å². The van der Waals surface area contributed by atoms with Crippen LogP contribution in [0.25, 0.3) is 0 Å². The third-order valence-corrected chi connectivity index (χ3v) is 4.83. The summed E-state index contributed by atoms with van der Waals surface area (Å²) in [6.07, 6.45) is 0.809. The molecule has 0 saturated heterocycles. The van der Waals surface area contributed by atoms with Gasteiger partial charge in [-0.25, -0.2) is 0 Å². The van der Waals surface area contributed by atoms with E-state index in [0.29, 0.717) is 26.4 Å². The first-order valence-electron chi connectivity index (χ1n) is 9.22. The Kier molecular flexibility index (Phi) is 6.80. The fraction of sp³-hybridized carbons (Fsp3) is 0.455. The maximum atomic E-state index is 6.24. The third-order valence-electron chi connectivity index (χ3n) is 4.83. The molecular formula is C22H28O4. The lowest BCUT2D eigenvalue weighted by molar-refractivity contribution is 0.0134. The zero-order valence-electron chi connectivity index (χ0n) is 15.9. The molecule has 4 heteroatoms. The number of methoxy groups -OCH3 is 2. The molecule has 2 atom stereocenters. The quantitative estimate of drug-likeness (QED) is 0.635. The molecule has 1 aliphatic rings. The van der Waals surface area contributed by atoms with Gasteiger partial charge in [0.05, 0.1) is 26.4 Å². The Morgan fingerprint density at radius 1 is 0.692 bits per heavy atom. The number of rotatable bonds is 9. The zero-order chi connectivity index (χ0) is 18.4. The SMILES string of the molecule is CCc1ccc2c(c1)C(OCCOC)c1ccccc1C2OCCOC. The van der Waals surface area contributed by atoms with E-state index in [2.05, 4.69) is 49.4 Å². The molecule has 0 aliphatic heterocycles. The molecule has 140 valence electrons. The summed E-state index contributed by atoms with van der Waals surface area (Å²) in [5, 5.41) is 0. The van der Waals surface area contributed by atoms with Crippen LogP contribution in [0.5, 0.6) is 0 Å². The Bertz CT molecular complexity index is 713.